The molecule has 0 saturated heterocycles. The van der Waals surface area contributed by atoms with Gasteiger partial charge in [0.1, 0.15) is 0 Å². The van der Waals surface area contributed by atoms with E-state index in [4.69, 9.17) is 0 Å². The monoisotopic (exact) mass is 284 g/mol. The van der Waals surface area contributed by atoms with Gasteiger partial charge in [-0.1, -0.05) is 31.7 Å². The maximum Gasteiger partial charge on any atom is 0.0697 e. The van der Waals surface area contributed by atoms with E-state index in [1.165, 1.54) is 43.3 Å². The first kappa shape index (κ1) is 15.9. The summed E-state index contributed by atoms with van der Waals surface area (Å²) in [5.41, 5.74) is 5.90. The first-order valence-corrected chi connectivity index (χ1v) is 8.20. The van der Waals surface area contributed by atoms with Gasteiger partial charge >= 0.3 is 0 Å². The van der Waals surface area contributed by atoms with Crippen molar-refractivity contribution in [3.63, 3.8) is 0 Å². The molecule has 1 fully saturated rings. The standard InChI is InChI=1S/C19H28N2/c1-15-5-6-16(2)17(3)7-8-18(13-15)19-9-12-20-10-4-11-21-14-19/h10-12,14-15,17-18,21H,2,5-9,13H2,1,3H3/b19-14?,20-12-. The molecule has 114 valence electrons. The second-order valence-electron chi connectivity index (χ2n) is 6.57. The summed E-state index contributed by atoms with van der Waals surface area (Å²) in [7, 11) is 0. The molecule has 2 nitrogen and oxygen atoms in total. The highest BCUT2D eigenvalue weighted by Crippen LogP contribution is 2.34. The molecule has 3 unspecified atom stereocenters. The van der Waals surface area contributed by atoms with Crippen LogP contribution in [-0.2, 0) is 0 Å². The van der Waals surface area contributed by atoms with Crippen LogP contribution >= 0.6 is 0 Å². The molecule has 1 saturated carbocycles. The van der Waals surface area contributed by atoms with Crippen LogP contribution in [0, 0.1) is 17.8 Å². The van der Waals surface area contributed by atoms with Crippen molar-refractivity contribution in [2.45, 2.75) is 52.4 Å². The van der Waals surface area contributed by atoms with Gasteiger partial charge in [-0.05, 0) is 55.4 Å². The molecule has 1 N–H and O–H groups in total. The van der Waals surface area contributed by atoms with E-state index in [2.05, 4.69) is 42.7 Å². The Bertz CT molecular complexity index is 478. The zero-order valence-corrected chi connectivity index (χ0v) is 13.4. The highest BCUT2D eigenvalue weighted by atomic mass is 14.8. The van der Waals surface area contributed by atoms with Gasteiger partial charge in [-0.25, -0.2) is 0 Å². The Morgan fingerprint density at radius 1 is 1.29 bits per heavy atom. The maximum atomic E-state index is 4.28. The topological polar surface area (TPSA) is 24.4 Å². The minimum absolute atomic E-state index is 0.651. The average Bonchev–Trinajstić information content (AvgIpc) is 2.64. The highest BCUT2D eigenvalue weighted by molar-refractivity contribution is 5.62. The quantitative estimate of drug-likeness (QED) is 0.533. The molecular weight excluding hydrogens is 256 g/mol. The minimum Gasteiger partial charge on any atom is -0.361 e. The summed E-state index contributed by atoms with van der Waals surface area (Å²) in [6.45, 7) is 9.00. The molecule has 0 spiro atoms. The lowest BCUT2D eigenvalue weighted by Gasteiger charge is -2.22. The molecule has 2 rings (SSSR count). The first-order valence-electron chi connectivity index (χ1n) is 8.20. The van der Waals surface area contributed by atoms with Crippen molar-refractivity contribution in [3.05, 3.63) is 42.1 Å². The van der Waals surface area contributed by atoms with Crippen molar-refractivity contribution >= 4 is 6.21 Å². The Balaban J connectivity index is 2.11. The van der Waals surface area contributed by atoms with Gasteiger partial charge in [0.2, 0.25) is 0 Å². The normalized spacial score (nSPS) is 32.6. The lowest BCUT2D eigenvalue weighted by Crippen LogP contribution is -2.12. The smallest absolute Gasteiger partial charge is 0.0697 e. The van der Waals surface area contributed by atoms with Gasteiger partial charge < -0.3 is 5.32 Å². The molecule has 0 radical (unpaired) electrons. The fourth-order valence-electron chi connectivity index (χ4n) is 3.22. The van der Waals surface area contributed by atoms with Gasteiger partial charge in [0.25, 0.3) is 0 Å². The number of nitrogens with zero attached hydrogens (tertiary/aromatic N) is 1. The van der Waals surface area contributed by atoms with Crippen LogP contribution in [0.5, 0.6) is 0 Å². The van der Waals surface area contributed by atoms with E-state index < -0.39 is 0 Å². The van der Waals surface area contributed by atoms with Crippen LogP contribution in [0.25, 0.3) is 0 Å². The summed E-state index contributed by atoms with van der Waals surface area (Å²) < 4.78 is 0. The lowest BCUT2D eigenvalue weighted by atomic mass is 9.83. The Labute approximate surface area is 129 Å². The van der Waals surface area contributed by atoms with Crippen LogP contribution in [-0.4, -0.2) is 6.21 Å². The number of aliphatic imine (C=N–C) groups is 1. The van der Waals surface area contributed by atoms with Crippen molar-refractivity contribution in [2.75, 3.05) is 0 Å². The van der Waals surface area contributed by atoms with Crippen molar-refractivity contribution in [3.8, 4) is 0 Å². The van der Waals surface area contributed by atoms with Gasteiger partial charge in [0.15, 0.2) is 0 Å². The third kappa shape index (κ3) is 5.06. The van der Waals surface area contributed by atoms with Crippen LogP contribution in [0.2, 0.25) is 0 Å². The second-order valence-corrected chi connectivity index (χ2v) is 6.57. The molecule has 2 heteroatoms. The van der Waals surface area contributed by atoms with Crippen molar-refractivity contribution in [2.24, 2.45) is 22.7 Å². The molecule has 1 aliphatic heterocycles. The van der Waals surface area contributed by atoms with Crippen molar-refractivity contribution < 1.29 is 0 Å². The number of rotatable bonds is 1. The van der Waals surface area contributed by atoms with E-state index in [0.717, 1.165) is 12.3 Å². The van der Waals surface area contributed by atoms with E-state index in [-0.39, 0.29) is 0 Å². The van der Waals surface area contributed by atoms with E-state index in [1.54, 1.807) is 6.20 Å². The molecule has 21 heavy (non-hydrogen) atoms. The van der Waals surface area contributed by atoms with Gasteiger partial charge in [0, 0.05) is 25.0 Å². The predicted molar refractivity (Wildman–Crippen MR) is 91.0 cm³/mol. The lowest BCUT2D eigenvalue weighted by molar-refractivity contribution is 0.390. The number of hydrogen-bond acceptors (Lipinski definition) is 2. The molecule has 0 bridgehead atoms. The zero-order valence-electron chi connectivity index (χ0n) is 13.4. The van der Waals surface area contributed by atoms with Crippen molar-refractivity contribution in [1.82, 2.24) is 5.32 Å². The third-order valence-electron chi connectivity index (χ3n) is 4.83. The molecule has 0 amide bonds. The van der Waals surface area contributed by atoms with Gasteiger partial charge in [-0.2, -0.15) is 0 Å². The van der Waals surface area contributed by atoms with Gasteiger partial charge in [0.05, 0.1) is 6.20 Å². The number of nitrogens with one attached hydrogen (secondary N) is 1. The average molecular weight is 284 g/mol. The minimum atomic E-state index is 0.651. The molecule has 0 aromatic heterocycles. The van der Waals surface area contributed by atoms with E-state index in [0.29, 0.717) is 11.8 Å². The molecule has 0 aromatic carbocycles. The van der Waals surface area contributed by atoms with E-state index in [9.17, 15) is 0 Å². The van der Waals surface area contributed by atoms with Crippen LogP contribution in [0.3, 0.4) is 0 Å². The first-order chi connectivity index (χ1) is 10.2. The van der Waals surface area contributed by atoms with Crippen LogP contribution in [0.1, 0.15) is 52.4 Å². The second kappa shape index (κ2) is 8.05. The summed E-state index contributed by atoms with van der Waals surface area (Å²) in [6, 6.07) is 0. The summed E-state index contributed by atoms with van der Waals surface area (Å²) in [6.07, 6.45) is 14.9. The molecule has 3 atom stereocenters. The predicted octanol–water partition coefficient (Wildman–Crippen LogP) is 4.97. The van der Waals surface area contributed by atoms with Crippen LogP contribution < -0.4 is 5.32 Å². The molecule has 0 aromatic rings. The van der Waals surface area contributed by atoms with E-state index >= 15 is 0 Å². The van der Waals surface area contributed by atoms with E-state index in [1.807, 2.05) is 12.4 Å². The number of allylic oxidation sites excluding steroid dienone is 2. The fraction of sp³-hybridized carbons (Fsp3) is 0.579. The Morgan fingerprint density at radius 2 is 2.14 bits per heavy atom. The summed E-state index contributed by atoms with van der Waals surface area (Å²) >= 11 is 0. The molecule has 2 aliphatic rings. The highest BCUT2D eigenvalue weighted by Gasteiger charge is 2.21. The maximum absolute atomic E-state index is 4.28. The zero-order chi connectivity index (χ0) is 15.1. The Kier molecular flexibility index (Phi) is 6.07. The molecular formula is C19H28N2. The summed E-state index contributed by atoms with van der Waals surface area (Å²) in [5.74, 6) is 2.06. The molecule has 1 heterocycles. The van der Waals surface area contributed by atoms with Gasteiger partial charge in [-0.3, -0.25) is 4.99 Å². The third-order valence-corrected chi connectivity index (χ3v) is 4.83. The summed E-state index contributed by atoms with van der Waals surface area (Å²) in [5, 5.41) is 3.23. The Morgan fingerprint density at radius 3 is 3.00 bits per heavy atom. The largest absolute Gasteiger partial charge is 0.361 e. The number of hydrogen-bond donors (Lipinski definition) is 1. The van der Waals surface area contributed by atoms with Crippen molar-refractivity contribution in [1.29, 1.82) is 0 Å². The SMILES string of the molecule is C=C1CCC(C)CC(C2=CNC=C=C/N=C\C2)CCC1C. The Hall–Kier alpha value is -1.53. The van der Waals surface area contributed by atoms with Gasteiger partial charge in [-0.15, -0.1) is 0 Å². The fourth-order valence-corrected chi connectivity index (χ4v) is 3.22. The molecule has 1 aliphatic carbocycles. The van der Waals surface area contributed by atoms with Crippen LogP contribution in [0.4, 0.5) is 0 Å². The van der Waals surface area contributed by atoms with Crippen LogP contribution in [0.15, 0.2) is 47.0 Å². The summed E-state index contributed by atoms with van der Waals surface area (Å²) in [4.78, 5) is 4.26.